The highest BCUT2D eigenvalue weighted by atomic mass is 32.2. The van der Waals surface area contributed by atoms with E-state index in [1.165, 1.54) is 18.2 Å². The third-order valence-electron chi connectivity index (χ3n) is 3.17. The fourth-order valence-electron chi connectivity index (χ4n) is 2.31. The van der Waals surface area contributed by atoms with Crippen molar-refractivity contribution in [2.24, 2.45) is 0 Å². The van der Waals surface area contributed by atoms with E-state index in [2.05, 4.69) is 0 Å². The van der Waals surface area contributed by atoms with Crippen LogP contribution in [0.25, 0.3) is 0 Å². The van der Waals surface area contributed by atoms with Crippen molar-refractivity contribution in [1.29, 1.82) is 0 Å². The lowest BCUT2D eigenvalue weighted by molar-refractivity contribution is 0.0451. The zero-order chi connectivity index (χ0) is 14.3. The molecule has 0 saturated heterocycles. The summed E-state index contributed by atoms with van der Waals surface area (Å²) in [5.41, 5.74) is 1.24. The van der Waals surface area contributed by atoms with Crippen molar-refractivity contribution >= 4 is 16.1 Å². The minimum atomic E-state index is -4.38. The van der Waals surface area contributed by atoms with Gasteiger partial charge in [0.15, 0.2) is 6.10 Å². The SMILES string of the molecule is O=C1OC(c2ccccc2S(=O)(=O)O)c2ccccc21. The highest BCUT2D eigenvalue weighted by molar-refractivity contribution is 7.85. The predicted octanol–water partition coefficient (Wildman–Crippen LogP) is 2.19. The van der Waals surface area contributed by atoms with E-state index in [1.807, 2.05) is 0 Å². The molecule has 0 saturated carbocycles. The molecule has 1 aliphatic heterocycles. The normalized spacial score (nSPS) is 17.6. The fraction of sp³-hybridized carbons (Fsp3) is 0.0714. The molecule has 102 valence electrons. The van der Waals surface area contributed by atoms with Crippen LogP contribution in [0.1, 0.15) is 27.6 Å². The van der Waals surface area contributed by atoms with Gasteiger partial charge in [0.2, 0.25) is 0 Å². The molecule has 1 N–H and O–H groups in total. The maximum Gasteiger partial charge on any atom is 0.339 e. The van der Waals surface area contributed by atoms with Crippen LogP contribution in [-0.2, 0) is 14.9 Å². The van der Waals surface area contributed by atoms with Crippen LogP contribution >= 0.6 is 0 Å². The number of rotatable bonds is 2. The van der Waals surface area contributed by atoms with Crippen LogP contribution in [0.3, 0.4) is 0 Å². The monoisotopic (exact) mass is 290 g/mol. The topological polar surface area (TPSA) is 80.7 Å². The second-order valence-electron chi connectivity index (χ2n) is 4.39. The summed E-state index contributed by atoms with van der Waals surface area (Å²) in [6, 6.07) is 12.7. The smallest absolute Gasteiger partial charge is 0.339 e. The summed E-state index contributed by atoms with van der Waals surface area (Å²) in [4.78, 5) is 11.5. The van der Waals surface area contributed by atoms with Crippen LogP contribution in [0, 0.1) is 0 Å². The molecule has 3 rings (SSSR count). The van der Waals surface area contributed by atoms with E-state index in [9.17, 15) is 17.8 Å². The number of hydrogen-bond donors (Lipinski definition) is 1. The second-order valence-corrected chi connectivity index (χ2v) is 5.78. The number of cyclic esters (lactones) is 1. The van der Waals surface area contributed by atoms with Gasteiger partial charge in [-0.05, 0) is 12.1 Å². The van der Waals surface area contributed by atoms with Crippen molar-refractivity contribution in [2.45, 2.75) is 11.0 Å². The Morgan fingerprint density at radius 2 is 1.55 bits per heavy atom. The molecular weight excluding hydrogens is 280 g/mol. The number of carbonyl (C=O) groups excluding carboxylic acids is 1. The largest absolute Gasteiger partial charge is 0.449 e. The van der Waals surface area contributed by atoms with Gasteiger partial charge < -0.3 is 4.74 Å². The standard InChI is InChI=1S/C14H10O5S/c15-14-10-6-2-1-5-9(10)13(19-14)11-7-3-4-8-12(11)20(16,17)18/h1-8,13H,(H,16,17,18). The van der Waals surface area contributed by atoms with Gasteiger partial charge in [-0.3, -0.25) is 4.55 Å². The van der Waals surface area contributed by atoms with Gasteiger partial charge in [-0.1, -0.05) is 36.4 Å². The molecule has 1 aliphatic rings. The molecule has 0 amide bonds. The molecule has 1 unspecified atom stereocenters. The summed E-state index contributed by atoms with van der Waals surface area (Å²) in [6.07, 6.45) is -0.822. The van der Waals surface area contributed by atoms with Gasteiger partial charge in [0, 0.05) is 11.1 Å². The first kappa shape index (κ1) is 12.8. The minimum Gasteiger partial charge on any atom is -0.449 e. The second kappa shape index (κ2) is 4.43. The van der Waals surface area contributed by atoms with E-state index >= 15 is 0 Å². The molecule has 0 aliphatic carbocycles. The third-order valence-corrected chi connectivity index (χ3v) is 4.10. The molecule has 0 fully saturated rings. The maximum atomic E-state index is 11.8. The Morgan fingerprint density at radius 3 is 2.25 bits per heavy atom. The Kier molecular flexibility index (Phi) is 2.84. The highest BCUT2D eigenvalue weighted by Crippen LogP contribution is 2.38. The van der Waals surface area contributed by atoms with Crippen LogP contribution in [0.5, 0.6) is 0 Å². The number of fused-ring (bicyclic) bond motifs is 1. The number of ether oxygens (including phenoxy) is 1. The molecule has 5 nitrogen and oxygen atoms in total. The molecule has 2 aromatic carbocycles. The summed E-state index contributed by atoms with van der Waals surface area (Å²) in [5, 5.41) is 0. The summed E-state index contributed by atoms with van der Waals surface area (Å²) >= 11 is 0. The van der Waals surface area contributed by atoms with Crippen LogP contribution < -0.4 is 0 Å². The molecule has 20 heavy (non-hydrogen) atoms. The van der Waals surface area contributed by atoms with Crippen LogP contribution in [0.2, 0.25) is 0 Å². The Morgan fingerprint density at radius 1 is 0.950 bits per heavy atom. The van der Waals surface area contributed by atoms with Crippen molar-refractivity contribution in [3.05, 3.63) is 65.2 Å². The number of benzene rings is 2. The molecular formula is C14H10O5S. The Bertz CT molecular complexity index is 795. The molecule has 1 heterocycles. The predicted molar refractivity (Wildman–Crippen MR) is 70.0 cm³/mol. The lowest BCUT2D eigenvalue weighted by atomic mass is 9.99. The first-order valence-electron chi connectivity index (χ1n) is 5.85. The van der Waals surface area contributed by atoms with E-state index in [-0.39, 0.29) is 10.5 Å². The summed E-state index contributed by atoms with van der Waals surface area (Å²) in [5.74, 6) is -0.504. The van der Waals surface area contributed by atoms with Gasteiger partial charge >= 0.3 is 5.97 Å². The van der Waals surface area contributed by atoms with Crippen molar-refractivity contribution in [3.8, 4) is 0 Å². The van der Waals surface area contributed by atoms with Gasteiger partial charge in [0.05, 0.1) is 5.56 Å². The lowest BCUT2D eigenvalue weighted by Crippen LogP contribution is -2.08. The molecule has 6 heteroatoms. The van der Waals surface area contributed by atoms with Crippen LogP contribution in [0.4, 0.5) is 0 Å². The Labute approximate surface area is 115 Å². The van der Waals surface area contributed by atoms with E-state index in [1.54, 1.807) is 30.3 Å². The zero-order valence-corrected chi connectivity index (χ0v) is 11.0. The number of carbonyl (C=O) groups is 1. The van der Waals surface area contributed by atoms with Gasteiger partial charge in [0.25, 0.3) is 10.1 Å². The summed E-state index contributed by atoms with van der Waals surface area (Å²) < 4.78 is 37.4. The van der Waals surface area contributed by atoms with Crippen molar-refractivity contribution in [1.82, 2.24) is 0 Å². The average molecular weight is 290 g/mol. The van der Waals surface area contributed by atoms with E-state index < -0.39 is 22.2 Å². The first-order chi connectivity index (χ1) is 9.48. The van der Waals surface area contributed by atoms with E-state index in [0.717, 1.165) is 0 Å². The molecule has 1 atom stereocenters. The van der Waals surface area contributed by atoms with Gasteiger partial charge in [-0.25, -0.2) is 4.79 Å². The van der Waals surface area contributed by atoms with Crippen molar-refractivity contribution < 1.29 is 22.5 Å². The van der Waals surface area contributed by atoms with E-state index in [0.29, 0.717) is 11.1 Å². The van der Waals surface area contributed by atoms with Crippen molar-refractivity contribution in [2.75, 3.05) is 0 Å². The van der Waals surface area contributed by atoms with Crippen LogP contribution in [0.15, 0.2) is 53.4 Å². The van der Waals surface area contributed by atoms with Gasteiger partial charge in [-0.15, -0.1) is 0 Å². The van der Waals surface area contributed by atoms with Gasteiger partial charge in [0.1, 0.15) is 4.90 Å². The average Bonchev–Trinajstić information content (AvgIpc) is 2.76. The number of hydrogen-bond acceptors (Lipinski definition) is 4. The lowest BCUT2D eigenvalue weighted by Gasteiger charge is -2.14. The summed E-state index contributed by atoms with van der Waals surface area (Å²) in [7, 11) is -4.38. The van der Waals surface area contributed by atoms with E-state index in [4.69, 9.17) is 4.74 Å². The van der Waals surface area contributed by atoms with Crippen LogP contribution in [-0.4, -0.2) is 18.9 Å². The Balaban J connectivity index is 2.20. The quantitative estimate of drug-likeness (QED) is 0.677. The molecule has 2 aromatic rings. The maximum absolute atomic E-state index is 11.8. The third kappa shape index (κ3) is 1.99. The highest BCUT2D eigenvalue weighted by Gasteiger charge is 2.34. The fourth-order valence-corrected chi connectivity index (χ4v) is 3.03. The molecule has 0 aromatic heterocycles. The Hall–Kier alpha value is -2.18. The van der Waals surface area contributed by atoms with Gasteiger partial charge in [-0.2, -0.15) is 8.42 Å². The minimum absolute atomic E-state index is 0.244. The zero-order valence-electron chi connectivity index (χ0n) is 10.2. The molecule has 0 radical (unpaired) electrons. The first-order valence-corrected chi connectivity index (χ1v) is 7.29. The van der Waals surface area contributed by atoms with Crippen molar-refractivity contribution in [3.63, 3.8) is 0 Å². The number of esters is 1. The molecule has 0 spiro atoms. The molecule has 0 bridgehead atoms. The summed E-state index contributed by atoms with van der Waals surface area (Å²) in [6.45, 7) is 0.